The fourth-order valence-electron chi connectivity index (χ4n) is 1.62. The Kier molecular flexibility index (Phi) is 5.42. The maximum Gasteiger partial charge on any atom is 0.305 e. The van der Waals surface area contributed by atoms with Gasteiger partial charge in [-0.25, -0.2) is 0 Å². The highest BCUT2D eigenvalue weighted by Gasteiger charge is 2.11. The maximum absolute atomic E-state index is 11.6. The smallest absolute Gasteiger partial charge is 0.305 e. The number of rotatable bonds is 6. The fraction of sp³-hybridized carbons (Fsp3) is 0.200. The van der Waals surface area contributed by atoms with Gasteiger partial charge < -0.3 is 13.9 Å². The molecule has 0 saturated carbocycles. The van der Waals surface area contributed by atoms with Gasteiger partial charge >= 0.3 is 5.91 Å². The van der Waals surface area contributed by atoms with Gasteiger partial charge in [0, 0.05) is 0 Å². The van der Waals surface area contributed by atoms with Crippen LogP contribution in [-0.2, 0) is 4.79 Å². The van der Waals surface area contributed by atoms with Gasteiger partial charge in [-0.3, -0.25) is 20.4 Å². The van der Waals surface area contributed by atoms with E-state index in [0.29, 0.717) is 18.1 Å². The summed E-state index contributed by atoms with van der Waals surface area (Å²) in [6.07, 6.45) is 1.37. The van der Waals surface area contributed by atoms with Crippen molar-refractivity contribution in [3.8, 4) is 11.5 Å². The molecule has 2 N–H and O–H groups in total. The molecule has 0 spiro atoms. The molecule has 1 heterocycles. The lowest BCUT2D eigenvalue weighted by molar-refractivity contribution is -0.123. The topological polar surface area (TPSA) is 89.8 Å². The molecular weight excluding hydrogens is 288 g/mol. The third kappa shape index (κ3) is 4.27. The van der Waals surface area contributed by atoms with Gasteiger partial charge in [0.15, 0.2) is 23.9 Å². The highest BCUT2D eigenvalue weighted by molar-refractivity contribution is 5.92. The van der Waals surface area contributed by atoms with Crippen molar-refractivity contribution < 1.29 is 23.5 Å². The molecule has 2 aromatic rings. The van der Waals surface area contributed by atoms with Crippen molar-refractivity contribution in [3.05, 3.63) is 48.4 Å². The molecule has 0 saturated heterocycles. The second-order valence-electron chi connectivity index (χ2n) is 4.15. The number of furan rings is 1. The summed E-state index contributed by atoms with van der Waals surface area (Å²) in [5.74, 6) is 0.0523. The van der Waals surface area contributed by atoms with Crippen LogP contribution in [0.4, 0.5) is 0 Å². The molecule has 0 aliphatic carbocycles. The van der Waals surface area contributed by atoms with Crippen LogP contribution in [0.2, 0.25) is 0 Å². The van der Waals surface area contributed by atoms with Crippen LogP contribution in [0.3, 0.4) is 0 Å². The Morgan fingerprint density at radius 1 is 1.05 bits per heavy atom. The molecule has 1 aromatic carbocycles. The number of para-hydroxylation sites is 2. The Hall–Kier alpha value is -2.96. The molecule has 0 radical (unpaired) electrons. The van der Waals surface area contributed by atoms with E-state index in [1.165, 1.54) is 12.3 Å². The molecule has 116 valence electrons. The Labute approximate surface area is 127 Å². The van der Waals surface area contributed by atoms with Crippen LogP contribution >= 0.6 is 0 Å². The molecule has 2 rings (SSSR count). The summed E-state index contributed by atoms with van der Waals surface area (Å²) in [5.41, 5.74) is 4.45. The maximum atomic E-state index is 11.6. The molecule has 0 unspecified atom stereocenters. The van der Waals surface area contributed by atoms with E-state index < -0.39 is 11.8 Å². The molecule has 22 heavy (non-hydrogen) atoms. The monoisotopic (exact) mass is 304 g/mol. The lowest BCUT2D eigenvalue weighted by atomic mass is 10.3. The molecule has 0 bridgehead atoms. The van der Waals surface area contributed by atoms with E-state index in [9.17, 15) is 9.59 Å². The Bertz CT molecular complexity index is 625. The van der Waals surface area contributed by atoms with E-state index >= 15 is 0 Å². The number of benzene rings is 1. The van der Waals surface area contributed by atoms with Crippen molar-refractivity contribution >= 4 is 11.8 Å². The average Bonchev–Trinajstić information content (AvgIpc) is 3.06. The molecule has 0 aliphatic heterocycles. The van der Waals surface area contributed by atoms with E-state index in [0.717, 1.165) is 0 Å². The first-order chi connectivity index (χ1) is 10.7. The SMILES string of the molecule is CCOc1ccccc1OCC(=O)NNC(=O)c1ccco1. The zero-order chi connectivity index (χ0) is 15.8. The van der Waals surface area contributed by atoms with Crippen LogP contribution < -0.4 is 20.3 Å². The molecule has 7 nitrogen and oxygen atoms in total. The van der Waals surface area contributed by atoms with Gasteiger partial charge in [-0.1, -0.05) is 12.1 Å². The number of carbonyl (C=O) groups is 2. The number of ether oxygens (including phenoxy) is 2. The molecule has 1 aromatic heterocycles. The van der Waals surface area contributed by atoms with Gasteiger partial charge in [-0.2, -0.15) is 0 Å². The Morgan fingerprint density at radius 2 is 1.77 bits per heavy atom. The van der Waals surface area contributed by atoms with Gasteiger partial charge in [0.2, 0.25) is 0 Å². The van der Waals surface area contributed by atoms with E-state index in [1.54, 1.807) is 24.3 Å². The number of nitrogens with one attached hydrogen (secondary N) is 2. The van der Waals surface area contributed by atoms with Gasteiger partial charge in [0.25, 0.3) is 5.91 Å². The van der Waals surface area contributed by atoms with Crippen molar-refractivity contribution in [2.45, 2.75) is 6.92 Å². The van der Waals surface area contributed by atoms with E-state index in [1.807, 2.05) is 13.0 Å². The molecule has 2 amide bonds. The molecular formula is C15H16N2O5. The predicted molar refractivity (Wildman–Crippen MR) is 77.4 cm³/mol. The van der Waals surface area contributed by atoms with Crippen molar-refractivity contribution in [2.75, 3.05) is 13.2 Å². The Morgan fingerprint density at radius 3 is 2.41 bits per heavy atom. The zero-order valence-corrected chi connectivity index (χ0v) is 12.0. The molecule has 0 aliphatic rings. The second-order valence-corrected chi connectivity index (χ2v) is 4.15. The summed E-state index contributed by atoms with van der Waals surface area (Å²) in [6, 6.07) is 10.1. The molecule has 0 fully saturated rings. The number of hydrogen-bond acceptors (Lipinski definition) is 5. The lowest BCUT2D eigenvalue weighted by Crippen LogP contribution is -2.43. The second kappa shape index (κ2) is 7.72. The lowest BCUT2D eigenvalue weighted by Gasteiger charge is -2.11. The highest BCUT2D eigenvalue weighted by atomic mass is 16.5. The van der Waals surface area contributed by atoms with Crippen molar-refractivity contribution in [1.82, 2.24) is 10.9 Å². The first-order valence-electron chi connectivity index (χ1n) is 6.68. The van der Waals surface area contributed by atoms with E-state index in [4.69, 9.17) is 13.9 Å². The summed E-state index contributed by atoms with van der Waals surface area (Å²) in [6.45, 7) is 2.09. The minimum atomic E-state index is -0.548. The van der Waals surface area contributed by atoms with E-state index in [2.05, 4.69) is 10.9 Å². The number of hydrogen-bond donors (Lipinski definition) is 2. The van der Waals surface area contributed by atoms with Crippen LogP contribution in [0.25, 0.3) is 0 Å². The third-order valence-electron chi connectivity index (χ3n) is 2.57. The van der Waals surface area contributed by atoms with Crippen LogP contribution in [0.15, 0.2) is 47.1 Å². The van der Waals surface area contributed by atoms with Crippen LogP contribution in [0, 0.1) is 0 Å². The summed E-state index contributed by atoms with van der Waals surface area (Å²) in [4.78, 5) is 23.2. The van der Waals surface area contributed by atoms with Gasteiger partial charge in [0.05, 0.1) is 12.9 Å². The molecule has 0 atom stereocenters. The van der Waals surface area contributed by atoms with E-state index in [-0.39, 0.29) is 12.4 Å². The Balaban J connectivity index is 1.79. The normalized spacial score (nSPS) is 9.86. The molecule has 7 heteroatoms. The fourth-order valence-corrected chi connectivity index (χ4v) is 1.62. The number of hydrazine groups is 1. The third-order valence-corrected chi connectivity index (χ3v) is 2.57. The predicted octanol–water partition coefficient (Wildman–Crippen LogP) is 1.52. The summed E-state index contributed by atoms with van der Waals surface area (Å²) < 4.78 is 15.6. The number of amides is 2. The summed E-state index contributed by atoms with van der Waals surface area (Å²) in [7, 11) is 0. The largest absolute Gasteiger partial charge is 0.490 e. The van der Waals surface area contributed by atoms with Crippen LogP contribution in [-0.4, -0.2) is 25.0 Å². The van der Waals surface area contributed by atoms with Gasteiger partial charge in [-0.05, 0) is 31.2 Å². The minimum absolute atomic E-state index is 0.0999. The quantitative estimate of drug-likeness (QED) is 0.790. The standard InChI is InChI=1S/C15H16N2O5/c1-2-20-11-6-3-4-7-12(11)22-10-14(18)16-17-15(19)13-8-5-9-21-13/h3-9H,2,10H2,1H3,(H,16,18)(H,17,19). The zero-order valence-electron chi connectivity index (χ0n) is 12.0. The minimum Gasteiger partial charge on any atom is -0.490 e. The van der Waals surface area contributed by atoms with Crippen LogP contribution in [0.5, 0.6) is 11.5 Å². The average molecular weight is 304 g/mol. The summed E-state index contributed by atoms with van der Waals surface area (Å²) >= 11 is 0. The van der Waals surface area contributed by atoms with Crippen molar-refractivity contribution in [2.24, 2.45) is 0 Å². The first-order valence-corrected chi connectivity index (χ1v) is 6.68. The van der Waals surface area contributed by atoms with Crippen LogP contribution in [0.1, 0.15) is 17.5 Å². The van der Waals surface area contributed by atoms with Gasteiger partial charge in [-0.15, -0.1) is 0 Å². The highest BCUT2D eigenvalue weighted by Crippen LogP contribution is 2.26. The first kappa shape index (κ1) is 15.4. The van der Waals surface area contributed by atoms with Crippen molar-refractivity contribution in [3.63, 3.8) is 0 Å². The number of carbonyl (C=O) groups excluding carboxylic acids is 2. The van der Waals surface area contributed by atoms with Crippen molar-refractivity contribution in [1.29, 1.82) is 0 Å². The van der Waals surface area contributed by atoms with Gasteiger partial charge in [0.1, 0.15) is 0 Å². The summed E-state index contributed by atoms with van der Waals surface area (Å²) in [5, 5.41) is 0.